The van der Waals surface area contributed by atoms with E-state index in [0.717, 1.165) is 22.3 Å². The summed E-state index contributed by atoms with van der Waals surface area (Å²) in [5.41, 5.74) is 4.36. The van der Waals surface area contributed by atoms with Gasteiger partial charge in [-0.25, -0.2) is 14.4 Å². The Balaban J connectivity index is 1.69. The Morgan fingerprint density at radius 1 is 0.885 bits per heavy atom. The van der Waals surface area contributed by atoms with Crippen LogP contribution < -0.4 is 5.32 Å². The Hall–Kier alpha value is -3.47. The second-order valence-corrected chi connectivity index (χ2v) is 16.0. The van der Waals surface area contributed by atoms with Gasteiger partial charge < -0.3 is 29.2 Å². The molecule has 0 unspecified atom stereocenters. The first-order chi connectivity index (χ1) is 24.5. The molecule has 3 rings (SSSR count). The van der Waals surface area contributed by atoms with Crippen LogP contribution in [0.3, 0.4) is 0 Å². The number of rotatable bonds is 17. The number of alkyl carbamates (subject to hydrolysis) is 1. The van der Waals surface area contributed by atoms with Crippen LogP contribution in [-0.4, -0.2) is 77.4 Å². The van der Waals surface area contributed by atoms with Gasteiger partial charge in [-0.05, 0) is 41.0 Å². The fourth-order valence-electron chi connectivity index (χ4n) is 6.27. The van der Waals surface area contributed by atoms with Gasteiger partial charge in [-0.3, -0.25) is 4.79 Å². The van der Waals surface area contributed by atoms with Gasteiger partial charge in [-0.1, -0.05) is 137 Å². The van der Waals surface area contributed by atoms with E-state index < -0.39 is 64.7 Å². The predicted molar refractivity (Wildman–Crippen MR) is 204 cm³/mol. The molecule has 0 bridgehead atoms. The fraction of sp³-hybridized carbons (Fsp3) is 0.538. The highest BCUT2D eigenvalue weighted by Crippen LogP contribution is 2.44. The molecular formula is C39H51Cl3N2O8. The van der Waals surface area contributed by atoms with Crippen molar-refractivity contribution in [1.82, 2.24) is 10.2 Å². The number of benzene rings is 2. The van der Waals surface area contributed by atoms with Gasteiger partial charge in [0.05, 0.1) is 0 Å². The first-order valence-electron chi connectivity index (χ1n) is 17.6. The number of amides is 2. The van der Waals surface area contributed by atoms with E-state index in [9.17, 15) is 19.2 Å². The number of fused-ring (bicyclic) bond motifs is 3. The van der Waals surface area contributed by atoms with Crippen LogP contribution in [0.1, 0.15) is 77.8 Å². The number of hydrogen-bond acceptors (Lipinski definition) is 8. The molecule has 0 radical (unpaired) electrons. The molecule has 52 heavy (non-hydrogen) atoms. The second-order valence-electron chi connectivity index (χ2n) is 13.4. The molecule has 13 heteroatoms. The minimum atomic E-state index is -1.81. The first-order valence-corrected chi connectivity index (χ1v) is 18.8. The normalized spacial score (nSPS) is 16.4. The zero-order valence-electron chi connectivity index (χ0n) is 30.9. The molecule has 0 heterocycles. The summed E-state index contributed by atoms with van der Waals surface area (Å²) in [5, 5.41) is 2.77. The van der Waals surface area contributed by atoms with Crippen LogP contribution in [0, 0.1) is 17.8 Å². The van der Waals surface area contributed by atoms with Crippen molar-refractivity contribution in [2.24, 2.45) is 17.8 Å². The molecule has 7 atom stereocenters. The van der Waals surface area contributed by atoms with Crippen LogP contribution in [-0.2, 0) is 28.5 Å². The molecule has 1 N–H and O–H groups in total. The molecule has 0 aliphatic heterocycles. The van der Waals surface area contributed by atoms with E-state index in [1.807, 2.05) is 64.1 Å². The number of alkyl halides is 3. The van der Waals surface area contributed by atoms with Crippen molar-refractivity contribution in [2.45, 2.75) is 94.8 Å². The van der Waals surface area contributed by atoms with Gasteiger partial charge in [0.15, 0.2) is 0 Å². The highest BCUT2D eigenvalue weighted by atomic mass is 35.6. The highest BCUT2D eigenvalue weighted by molar-refractivity contribution is 6.67. The van der Waals surface area contributed by atoms with E-state index in [1.165, 1.54) is 11.9 Å². The maximum Gasteiger partial charge on any atom is 0.508 e. The minimum absolute atomic E-state index is 0.0935. The van der Waals surface area contributed by atoms with Crippen molar-refractivity contribution in [3.8, 4) is 11.1 Å². The SMILES string of the molecule is C=CC[C@H](OC(=O)OCC(Cl)(Cl)Cl)[C@H](C)[C@@H](OC(=O)[C@H](C)N(C)C(=O)[C@@H](NC(=O)OCC1c2ccccc2-c2ccccc21)[C@H](C)CC)[C@@H](C)CC. The van der Waals surface area contributed by atoms with Gasteiger partial charge in [0.25, 0.3) is 0 Å². The third-order valence-electron chi connectivity index (χ3n) is 9.93. The van der Waals surface area contributed by atoms with Crippen molar-refractivity contribution in [3.63, 3.8) is 0 Å². The lowest BCUT2D eigenvalue weighted by molar-refractivity contribution is -0.166. The molecule has 0 fully saturated rings. The van der Waals surface area contributed by atoms with Crippen molar-refractivity contribution >= 4 is 58.9 Å². The zero-order chi connectivity index (χ0) is 38.7. The summed E-state index contributed by atoms with van der Waals surface area (Å²) in [6.07, 6.45) is -0.225. The third-order valence-corrected chi connectivity index (χ3v) is 10.3. The lowest BCUT2D eigenvalue weighted by Gasteiger charge is -2.35. The van der Waals surface area contributed by atoms with Gasteiger partial charge in [0, 0.05) is 25.3 Å². The largest absolute Gasteiger partial charge is 0.508 e. The Morgan fingerprint density at radius 2 is 1.44 bits per heavy atom. The summed E-state index contributed by atoms with van der Waals surface area (Å²) in [5.74, 6) is -2.20. The van der Waals surface area contributed by atoms with Crippen LogP contribution in [0.5, 0.6) is 0 Å². The van der Waals surface area contributed by atoms with Crippen molar-refractivity contribution in [2.75, 3.05) is 20.3 Å². The number of halogens is 3. The van der Waals surface area contributed by atoms with Crippen molar-refractivity contribution in [1.29, 1.82) is 0 Å². The maximum absolute atomic E-state index is 13.9. The van der Waals surface area contributed by atoms with E-state index in [2.05, 4.69) is 24.0 Å². The van der Waals surface area contributed by atoms with Gasteiger partial charge in [-0.15, -0.1) is 6.58 Å². The maximum atomic E-state index is 13.9. The molecule has 0 spiro atoms. The standard InChI is InChI=1S/C39H51Cl3N2O8/c1-9-16-32(51-38(48)50-22-39(40,41)42)25(6)34(24(5)11-3)52-36(46)26(7)44(8)35(45)33(23(4)10-2)43-37(47)49-21-31-29-19-14-12-17-27(29)28-18-13-15-20-30(28)31/h9,12-15,17-20,23-26,31-34H,1,10-11,16,21-22H2,2-8H3,(H,43,47)/t23-,24+,25+,26+,32+,33+,34+/m1/s1. The summed E-state index contributed by atoms with van der Waals surface area (Å²) in [6, 6.07) is 14.1. The summed E-state index contributed by atoms with van der Waals surface area (Å²) in [6.45, 7) is 14.3. The van der Waals surface area contributed by atoms with Crippen LogP contribution in [0.4, 0.5) is 9.59 Å². The lowest BCUT2D eigenvalue weighted by atomic mass is 9.86. The smallest absolute Gasteiger partial charge is 0.460 e. The van der Waals surface area contributed by atoms with Crippen LogP contribution in [0.15, 0.2) is 61.2 Å². The number of nitrogens with one attached hydrogen (secondary N) is 1. The van der Waals surface area contributed by atoms with Crippen LogP contribution >= 0.6 is 34.8 Å². The number of esters is 1. The van der Waals surface area contributed by atoms with Gasteiger partial charge in [-0.2, -0.15) is 0 Å². The fourth-order valence-corrected chi connectivity index (χ4v) is 6.43. The van der Waals surface area contributed by atoms with E-state index in [-0.39, 0.29) is 30.8 Å². The number of carbonyl (C=O) groups is 4. The summed E-state index contributed by atoms with van der Waals surface area (Å²) in [4.78, 5) is 54.5. The number of nitrogens with zero attached hydrogens (tertiary/aromatic N) is 1. The highest BCUT2D eigenvalue weighted by Gasteiger charge is 2.39. The molecule has 0 saturated heterocycles. The zero-order valence-corrected chi connectivity index (χ0v) is 33.2. The van der Waals surface area contributed by atoms with E-state index in [1.54, 1.807) is 19.9 Å². The van der Waals surface area contributed by atoms with Crippen LogP contribution in [0.25, 0.3) is 11.1 Å². The topological polar surface area (TPSA) is 120 Å². The molecule has 1 aliphatic rings. The van der Waals surface area contributed by atoms with Gasteiger partial charge in [0.1, 0.15) is 37.5 Å². The van der Waals surface area contributed by atoms with Crippen molar-refractivity contribution < 1.29 is 38.1 Å². The molecule has 2 amide bonds. The Kier molecular flexibility index (Phi) is 16.2. The Morgan fingerprint density at radius 3 is 1.96 bits per heavy atom. The lowest BCUT2D eigenvalue weighted by Crippen LogP contribution is -2.54. The molecule has 0 saturated carbocycles. The monoisotopic (exact) mass is 780 g/mol. The molecule has 286 valence electrons. The molecule has 1 aliphatic carbocycles. The second kappa shape index (κ2) is 19.6. The summed E-state index contributed by atoms with van der Waals surface area (Å²) >= 11 is 17.1. The Labute approximate surface area is 322 Å². The average Bonchev–Trinajstić information content (AvgIpc) is 3.45. The predicted octanol–water partition coefficient (Wildman–Crippen LogP) is 8.85. The summed E-state index contributed by atoms with van der Waals surface area (Å²) in [7, 11) is 1.50. The molecular weight excluding hydrogens is 731 g/mol. The number of likely N-dealkylation sites (N-methyl/N-ethyl adjacent to an activating group) is 1. The average molecular weight is 782 g/mol. The number of hydrogen-bond donors (Lipinski definition) is 1. The molecule has 2 aromatic rings. The molecule has 2 aromatic carbocycles. The van der Waals surface area contributed by atoms with Crippen LogP contribution in [0.2, 0.25) is 0 Å². The summed E-state index contributed by atoms with van der Waals surface area (Å²) < 4.78 is 20.4. The molecule has 10 nitrogen and oxygen atoms in total. The third kappa shape index (κ3) is 11.3. The Bertz CT molecular complexity index is 1500. The molecule has 0 aromatic heterocycles. The van der Waals surface area contributed by atoms with E-state index in [0.29, 0.717) is 12.8 Å². The number of ether oxygens (including phenoxy) is 4. The first kappa shape index (κ1) is 42.9. The van der Waals surface area contributed by atoms with Gasteiger partial charge in [0.2, 0.25) is 9.70 Å². The minimum Gasteiger partial charge on any atom is -0.460 e. The van der Waals surface area contributed by atoms with Gasteiger partial charge >= 0.3 is 18.2 Å². The quantitative estimate of drug-likeness (QED) is 0.0732. The van der Waals surface area contributed by atoms with E-state index >= 15 is 0 Å². The van der Waals surface area contributed by atoms with E-state index in [4.69, 9.17) is 53.8 Å². The van der Waals surface area contributed by atoms with Crippen molar-refractivity contribution in [3.05, 3.63) is 72.3 Å². The number of carbonyl (C=O) groups excluding carboxylic acids is 4.